The number of nitrogens with one attached hydrogen (secondary N) is 2. The van der Waals surface area contributed by atoms with E-state index < -0.39 is 35.4 Å². The highest BCUT2D eigenvalue weighted by Gasteiger charge is 2.41. The van der Waals surface area contributed by atoms with Crippen molar-refractivity contribution in [3.8, 4) is 16.9 Å². The van der Waals surface area contributed by atoms with E-state index in [0.717, 1.165) is 23.1 Å². The Bertz CT molecular complexity index is 1530. The summed E-state index contributed by atoms with van der Waals surface area (Å²) < 4.78 is 35.7. The largest absolute Gasteiger partial charge is 0.493 e. The van der Waals surface area contributed by atoms with Crippen molar-refractivity contribution in [1.82, 2.24) is 10.6 Å². The quantitative estimate of drug-likeness (QED) is 0.0454. The first-order valence-corrected chi connectivity index (χ1v) is 17.0. The lowest BCUT2D eigenvalue weighted by molar-refractivity contribution is -0.149. The van der Waals surface area contributed by atoms with Gasteiger partial charge < -0.3 is 34.4 Å². The van der Waals surface area contributed by atoms with Gasteiger partial charge in [0.05, 0.1) is 38.4 Å². The summed E-state index contributed by atoms with van der Waals surface area (Å²) in [6.07, 6.45) is 4.68. The molecule has 0 saturated carbocycles. The number of benzene rings is 2. The Kier molecular flexibility index (Phi) is 16.2. The van der Waals surface area contributed by atoms with Crippen molar-refractivity contribution < 1.29 is 37.7 Å². The van der Waals surface area contributed by atoms with Gasteiger partial charge in [0.25, 0.3) is 5.91 Å². The molecule has 4 unspecified atom stereocenters. The van der Waals surface area contributed by atoms with E-state index in [-0.39, 0.29) is 44.3 Å². The molecule has 0 saturated heterocycles. The van der Waals surface area contributed by atoms with Crippen LogP contribution in [0.3, 0.4) is 0 Å². The summed E-state index contributed by atoms with van der Waals surface area (Å²) in [5.41, 5.74) is 10.7. The van der Waals surface area contributed by atoms with Crippen molar-refractivity contribution >= 4 is 11.8 Å². The van der Waals surface area contributed by atoms with E-state index in [2.05, 4.69) is 20.7 Å². The van der Waals surface area contributed by atoms with Crippen LogP contribution in [0.4, 0.5) is 4.39 Å². The smallest absolute Gasteiger partial charge is 0.252 e. The fourth-order valence-corrected chi connectivity index (χ4v) is 5.30. The van der Waals surface area contributed by atoms with E-state index in [1.54, 1.807) is 45.6 Å². The molecule has 3 N–H and O–H groups in total. The van der Waals surface area contributed by atoms with Crippen LogP contribution in [0, 0.1) is 17.7 Å². The third-order valence-electron chi connectivity index (χ3n) is 8.79. The minimum Gasteiger partial charge on any atom is -0.493 e. The van der Waals surface area contributed by atoms with E-state index in [1.165, 1.54) is 12.1 Å². The summed E-state index contributed by atoms with van der Waals surface area (Å²) in [5.74, 6) is -1.57. The maximum atomic E-state index is 13.6. The standard InChI is InChI=1S/C37H50FN5O7/c1-6-26(4)34(35(44)40-21-27-8-11-30(38)12-9-27)41-36(45)37(46,25(2)3)16-14-31(42-43-39)24-49-22-28-10-13-32(29-15-19-48-23-29)33(20-28)50-18-7-17-47-5/h8-13,15,19-20,23,25-26,31,34,46H,6-7,14,16-18,21-22,24H2,1-5H3,(H,40,44)(H,41,45). The van der Waals surface area contributed by atoms with Gasteiger partial charge in [0, 0.05) is 42.7 Å². The molecule has 13 heteroatoms. The molecule has 4 atom stereocenters. The molecule has 272 valence electrons. The maximum absolute atomic E-state index is 13.6. The second kappa shape index (κ2) is 20.3. The molecule has 1 aromatic heterocycles. The fourth-order valence-electron chi connectivity index (χ4n) is 5.30. The number of rotatable bonds is 22. The van der Waals surface area contributed by atoms with Crippen LogP contribution >= 0.6 is 0 Å². The summed E-state index contributed by atoms with van der Waals surface area (Å²) in [4.78, 5) is 29.8. The van der Waals surface area contributed by atoms with Gasteiger partial charge in [0.15, 0.2) is 0 Å². The molecule has 2 aromatic carbocycles. The molecule has 0 bridgehead atoms. The number of nitrogens with zero attached hydrogens (tertiary/aromatic N) is 3. The highest BCUT2D eigenvalue weighted by molar-refractivity contribution is 5.91. The first-order valence-electron chi connectivity index (χ1n) is 17.0. The minimum absolute atomic E-state index is 0.0349. The number of carbonyl (C=O) groups excluding carboxylic acids is 2. The Morgan fingerprint density at radius 1 is 1.10 bits per heavy atom. The number of aliphatic hydroxyl groups is 1. The van der Waals surface area contributed by atoms with Crippen molar-refractivity contribution in [3.05, 3.63) is 88.4 Å². The van der Waals surface area contributed by atoms with Crippen LogP contribution in [0.5, 0.6) is 5.75 Å². The molecular weight excluding hydrogens is 645 g/mol. The molecule has 0 aliphatic heterocycles. The van der Waals surface area contributed by atoms with Crippen molar-refractivity contribution in [3.63, 3.8) is 0 Å². The average Bonchev–Trinajstić information content (AvgIpc) is 3.65. The molecule has 0 radical (unpaired) electrons. The first-order chi connectivity index (χ1) is 24.0. The fraction of sp³-hybridized carbons (Fsp3) is 0.514. The average molecular weight is 696 g/mol. The Labute approximate surface area is 293 Å². The highest BCUT2D eigenvalue weighted by atomic mass is 19.1. The van der Waals surface area contributed by atoms with Crippen molar-refractivity contribution in [2.45, 2.75) is 84.2 Å². The summed E-state index contributed by atoms with van der Waals surface area (Å²) >= 11 is 0. The number of azide groups is 1. The summed E-state index contributed by atoms with van der Waals surface area (Å²) in [6.45, 7) is 8.62. The van der Waals surface area contributed by atoms with Gasteiger partial charge in [-0.3, -0.25) is 9.59 Å². The van der Waals surface area contributed by atoms with Crippen LogP contribution in [0.1, 0.15) is 64.5 Å². The zero-order valence-corrected chi connectivity index (χ0v) is 29.6. The van der Waals surface area contributed by atoms with Gasteiger partial charge in [-0.1, -0.05) is 63.5 Å². The van der Waals surface area contributed by atoms with Crippen LogP contribution in [0.25, 0.3) is 21.6 Å². The molecule has 3 rings (SSSR count). The maximum Gasteiger partial charge on any atom is 0.252 e. The lowest BCUT2D eigenvalue weighted by Gasteiger charge is -2.34. The third kappa shape index (κ3) is 11.9. The predicted molar refractivity (Wildman–Crippen MR) is 187 cm³/mol. The van der Waals surface area contributed by atoms with E-state index >= 15 is 0 Å². The van der Waals surface area contributed by atoms with Gasteiger partial charge in [-0.25, -0.2) is 4.39 Å². The molecular formula is C37H50FN5O7. The molecule has 2 amide bonds. The van der Waals surface area contributed by atoms with Gasteiger partial charge in [0.1, 0.15) is 23.2 Å². The summed E-state index contributed by atoms with van der Waals surface area (Å²) in [5, 5.41) is 21.1. The lowest BCUT2D eigenvalue weighted by Crippen LogP contribution is -2.58. The van der Waals surface area contributed by atoms with E-state index in [1.807, 2.05) is 38.1 Å². The summed E-state index contributed by atoms with van der Waals surface area (Å²) in [6, 6.07) is 11.8. The zero-order valence-electron chi connectivity index (χ0n) is 29.6. The second-order valence-corrected chi connectivity index (χ2v) is 12.7. The first kappa shape index (κ1) is 40.0. The third-order valence-corrected chi connectivity index (χ3v) is 8.79. The Morgan fingerprint density at radius 2 is 1.84 bits per heavy atom. The number of methoxy groups -OCH3 is 1. The number of carbonyl (C=O) groups is 2. The van der Waals surface area contributed by atoms with E-state index in [4.69, 9.17) is 18.6 Å². The Morgan fingerprint density at radius 3 is 2.48 bits per heavy atom. The number of furan rings is 1. The van der Waals surface area contributed by atoms with Gasteiger partial charge >= 0.3 is 0 Å². The highest BCUT2D eigenvalue weighted by Crippen LogP contribution is 2.32. The Balaban J connectivity index is 1.63. The second-order valence-electron chi connectivity index (χ2n) is 12.7. The van der Waals surface area contributed by atoms with Crippen LogP contribution in [-0.2, 0) is 32.2 Å². The van der Waals surface area contributed by atoms with Crippen LogP contribution < -0.4 is 15.4 Å². The van der Waals surface area contributed by atoms with Crippen molar-refractivity contribution in [2.24, 2.45) is 17.0 Å². The normalized spacial score (nSPS) is 14.2. The zero-order chi connectivity index (χ0) is 36.5. The number of halogens is 1. The number of hydrogen-bond acceptors (Lipinski definition) is 8. The monoisotopic (exact) mass is 695 g/mol. The molecule has 1 heterocycles. The molecule has 0 spiro atoms. The Hall–Kier alpha value is -4.42. The molecule has 0 aliphatic rings. The minimum atomic E-state index is -1.86. The van der Waals surface area contributed by atoms with Crippen molar-refractivity contribution in [2.75, 3.05) is 26.9 Å². The van der Waals surface area contributed by atoms with Crippen molar-refractivity contribution in [1.29, 1.82) is 0 Å². The van der Waals surface area contributed by atoms with Gasteiger partial charge in [0.2, 0.25) is 5.91 Å². The molecule has 3 aromatic rings. The lowest BCUT2D eigenvalue weighted by atomic mass is 9.83. The van der Waals surface area contributed by atoms with Gasteiger partial charge in [-0.2, -0.15) is 0 Å². The van der Waals surface area contributed by atoms with Crippen LogP contribution in [0.15, 0.2) is 70.6 Å². The molecule has 0 aliphatic carbocycles. The molecule has 50 heavy (non-hydrogen) atoms. The van der Waals surface area contributed by atoms with Gasteiger partial charge in [-0.05, 0) is 65.6 Å². The predicted octanol–water partition coefficient (Wildman–Crippen LogP) is 6.71. The van der Waals surface area contributed by atoms with E-state index in [9.17, 15) is 24.6 Å². The molecule has 0 fully saturated rings. The topological polar surface area (TPSA) is 168 Å². The molecule has 12 nitrogen and oxygen atoms in total. The van der Waals surface area contributed by atoms with E-state index in [0.29, 0.717) is 30.9 Å². The number of ether oxygens (including phenoxy) is 3. The number of hydrogen-bond donors (Lipinski definition) is 3. The SMILES string of the molecule is CCC(C)C(NC(=O)C(O)(CCC(COCc1ccc(-c2ccoc2)c(OCCCOC)c1)N=[N+]=[N-])C(C)C)C(=O)NCc1ccc(F)cc1. The van der Waals surface area contributed by atoms with Gasteiger partial charge in [-0.15, -0.1) is 0 Å². The van der Waals surface area contributed by atoms with Crippen LogP contribution in [-0.4, -0.2) is 61.5 Å². The van der Waals surface area contributed by atoms with Crippen LogP contribution in [0.2, 0.25) is 0 Å². The summed E-state index contributed by atoms with van der Waals surface area (Å²) in [7, 11) is 1.64. The number of amides is 2.